The minimum atomic E-state index is -0.946. The van der Waals surface area contributed by atoms with Gasteiger partial charge in [-0.1, -0.05) is 33.5 Å². The SMILES string of the molecule is C#CCOc1ccc(Br)cc1/C=C1\C(=O)NC(=O)N(c2cc(OC)c(Cl)cc2OC)C1=O. The predicted octanol–water partition coefficient (Wildman–Crippen LogP) is 3.80. The topological polar surface area (TPSA) is 94.2 Å². The lowest BCUT2D eigenvalue weighted by Crippen LogP contribution is -2.54. The number of barbiturate groups is 1. The number of carbonyl (C=O) groups is 3. The molecule has 2 aromatic carbocycles. The summed E-state index contributed by atoms with van der Waals surface area (Å²) in [6.07, 6.45) is 6.56. The number of ether oxygens (including phenoxy) is 3. The van der Waals surface area contributed by atoms with E-state index in [1.807, 2.05) is 0 Å². The van der Waals surface area contributed by atoms with Gasteiger partial charge in [-0.05, 0) is 24.3 Å². The van der Waals surface area contributed by atoms with Gasteiger partial charge in [0.15, 0.2) is 0 Å². The number of benzene rings is 2. The molecule has 8 nitrogen and oxygen atoms in total. The molecule has 0 unspecified atom stereocenters. The van der Waals surface area contributed by atoms with Crippen LogP contribution >= 0.6 is 27.5 Å². The number of carbonyl (C=O) groups excluding carboxylic acids is 3. The summed E-state index contributed by atoms with van der Waals surface area (Å²) in [7, 11) is 2.74. The Hall–Kier alpha value is -3.48. The molecule has 1 fully saturated rings. The van der Waals surface area contributed by atoms with E-state index < -0.39 is 17.8 Å². The first kappa shape index (κ1) is 23.2. The summed E-state index contributed by atoms with van der Waals surface area (Å²) in [5, 5.41) is 2.37. The molecule has 0 bridgehead atoms. The van der Waals surface area contributed by atoms with Crippen LogP contribution in [0, 0.1) is 12.3 Å². The smallest absolute Gasteiger partial charge is 0.336 e. The molecule has 1 saturated heterocycles. The van der Waals surface area contributed by atoms with Gasteiger partial charge in [0.25, 0.3) is 11.8 Å². The number of terminal acetylenes is 1. The average Bonchev–Trinajstić information content (AvgIpc) is 2.76. The first-order valence-corrected chi connectivity index (χ1v) is 10.2. The van der Waals surface area contributed by atoms with Gasteiger partial charge in [-0.25, -0.2) is 9.69 Å². The van der Waals surface area contributed by atoms with E-state index in [0.717, 1.165) is 4.90 Å². The van der Waals surface area contributed by atoms with Crippen LogP contribution in [0.5, 0.6) is 17.2 Å². The highest BCUT2D eigenvalue weighted by Crippen LogP contribution is 2.39. The molecule has 0 spiro atoms. The molecule has 1 aliphatic heterocycles. The van der Waals surface area contributed by atoms with E-state index in [9.17, 15) is 14.4 Å². The minimum Gasteiger partial charge on any atom is -0.495 e. The summed E-state index contributed by atoms with van der Waals surface area (Å²) in [5.74, 6) is 1.32. The number of nitrogens with one attached hydrogen (secondary N) is 1. The van der Waals surface area contributed by atoms with E-state index in [-0.39, 0.29) is 34.4 Å². The van der Waals surface area contributed by atoms with E-state index in [4.69, 9.17) is 32.2 Å². The van der Waals surface area contributed by atoms with Crippen molar-refractivity contribution in [3.8, 4) is 29.6 Å². The number of rotatable bonds is 6. The van der Waals surface area contributed by atoms with Crippen molar-refractivity contribution in [3.63, 3.8) is 0 Å². The van der Waals surface area contributed by atoms with Gasteiger partial charge in [-0.15, -0.1) is 6.42 Å². The summed E-state index contributed by atoms with van der Waals surface area (Å²) in [6, 6.07) is 6.82. The van der Waals surface area contributed by atoms with Crippen molar-refractivity contribution >= 4 is 57.1 Å². The van der Waals surface area contributed by atoms with Crippen LogP contribution in [0.4, 0.5) is 10.5 Å². The van der Waals surface area contributed by atoms with Gasteiger partial charge in [0.05, 0.1) is 24.9 Å². The summed E-state index contributed by atoms with van der Waals surface area (Å²) >= 11 is 9.46. The number of urea groups is 1. The van der Waals surface area contributed by atoms with Crippen molar-refractivity contribution in [2.75, 3.05) is 25.7 Å². The molecule has 1 heterocycles. The molecule has 0 atom stereocenters. The maximum Gasteiger partial charge on any atom is 0.336 e. The van der Waals surface area contributed by atoms with Crippen LogP contribution in [-0.2, 0) is 9.59 Å². The Morgan fingerprint density at radius 3 is 2.50 bits per heavy atom. The highest BCUT2D eigenvalue weighted by Gasteiger charge is 2.38. The second-order valence-corrected chi connectivity index (χ2v) is 7.61. The number of imide groups is 2. The van der Waals surface area contributed by atoms with Gasteiger partial charge in [-0.3, -0.25) is 14.9 Å². The number of amides is 4. The lowest BCUT2D eigenvalue weighted by atomic mass is 10.1. The fourth-order valence-corrected chi connectivity index (χ4v) is 3.54. The molecule has 0 aliphatic carbocycles. The van der Waals surface area contributed by atoms with Crippen LogP contribution in [0.2, 0.25) is 5.02 Å². The van der Waals surface area contributed by atoms with Crippen LogP contribution in [0.25, 0.3) is 6.08 Å². The van der Waals surface area contributed by atoms with Crippen molar-refractivity contribution in [1.82, 2.24) is 5.32 Å². The zero-order chi connectivity index (χ0) is 23.4. The van der Waals surface area contributed by atoms with Crippen molar-refractivity contribution in [3.05, 3.63) is 51.0 Å². The molecule has 0 saturated carbocycles. The minimum absolute atomic E-state index is 0.00960. The Bertz CT molecular complexity index is 1190. The first-order chi connectivity index (χ1) is 15.3. The molecular formula is C22H16BrClN2O6. The Morgan fingerprint density at radius 2 is 1.84 bits per heavy atom. The van der Waals surface area contributed by atoms with Crippen molar-refractivity contribution < 1.29 is 28.6 Å². The van der Waals surface area contributed by atoms with Gasteiger partial charge in [-0.2, -0.15) is 0 Å². The Labute approximate surface area is 197 Å². The number of halogens is 2. The highest BCUT2D eigenvalue weighted by atomic mass is 79.9. The molecule has 32 heavy (non-hydrogen) atoms. The molecule has 10 heteroatoms. The first-order valence-electron chi connectivity index (χ1n) is 8.99. The van der Waals surface area contributed by atoms with Gasteiger partial charge in [0.2, 0.25) is 0 Å². The molecular weight excluding hydrogens is 504 g/mol. The summed E-state index contributed by atoms with van der Waals surface area (Å²) in [5.41, 5.74) is 0.153. The van der Waals surface area contributed by atoms with Gasteiger partial charge >= 0.3 is 6.03 Å². The van der Waals surface area contributed by atoms with Crippen molar-refractivity contribution in [2.45, 2.75) is 0 Å². The largest absolute Gasteiger partial charge is 0.495 e. The standard InChI is InChI=1S/C22H16BrClN2O6/c1-4-7-32-17-6-5-13(23)8-12(17)9-14-20(27)25-22(29)26(21(14)28)16-11-18(30-2)15(24)10-19(16)31-3/h1,5-6,8-11H,7H2,2-3H3,(H,25,27,29)/b14-9+. The quantitative estimate of drug-likeness (QED) is 0.354. The lowest BCUT2D eigenvalue weighted by molar-refractivity contribution is -0.122. The molecule has 4 amide bonds. The van der Waals surface area contributed by atoms with Crippen LogP contribution < -0.4 is 24.4 Å². The summed E-state index contributed by atoms with van der Waals surface area (Å²) in [4.78, 5) is 39.2. The summed E-state index contributed by atoms with van der Waals surface area (Å²) < 4.78 is 16.6. The molecule has 1 N–H and O–H groups in total. The Kier molecular flexibility index (Phi) is 7.08. The fourth-order valence-electron chi connectivity index (χ4n) is 2.93. The van der Waals surface area contributed by atoms with E-state index in [0.29, 0.717) is 15.8 Å². The van der Waals surface area contributed by atoms with Crippen LogP contribution in [0.15, 0.2) is 40.4 Å². The molecule has 164 valence electrons. The third kappa shape index (κ3) is 4.56. The number of nitrogens with zero attached hydrogens (tertiary/aromatic N) is 1. The van der Waals surface area contributed by atoms with E-state index in [2.05, 4.69) is 27.2 Å². The van der Waals surface area contributed by atoms with Gasteiger partial charge in [0.1, 0.15) is 29.4 Å². The molecule has 3 rings (SSSR count). The lowest BCUT2D eigenvalue weighted by Gasteiger charge is -2.28. The summed E-state index contributed by atoms with van der Waals surface area (Å²) in [6.45, 7) is -0.00960. The predicted molar refractivity (Wildman–Crippen MR) is 122 cm³/mol. The van der Waals surface area contributed by atoms with E-state index in [1.165, 1.54) is 32.4 Å². The zero-order valence-corrected chi connectivity index (χ0v) is 19.2. The van der Waals surface area contributed by atoms with E-state index in [1.54, 1.807) is 18.2 Å². The third-order valence-electron chi connectivity index (χ3n) is 4.38. The number of hydrogen-bond donors (Lipinski definition) is 1. The van der Waals surface area contributed by atoms with Crippen LogP contribution in [0.1, 0.15) is 5.56 Å². The van der Waals surface area contributed by atoms with Crippen molar-refractivity contribution in [1.29, 1.82) is 0 Å². The van der Waals surface area contributed by atoms with Gasteiger partial charge < -0.3 is 14.2 Å². The molecule has 0 aromatic heterocycles. The van der Waals surface area contributed by atoms with Crippen molar-refractivity contribution in [2.24, 2.45) is 0 Å². The highest BCUT2D eigenvalue weighted by molar-refractivity contribution is 9.10. The second kappa shape index (κ2) is 9.77. The average molecular weight is 520 g/mol. The zero-order valence-electron chi connectivity index (χ0n) is 16.9. The number of hydrogen-bond acceptors (Lipinski definition) is 6. The normalized spacial score (nSPS) is 14.8. The molecule has 1 aliphatic rings. The van der Waals surface area contributed by atoms with Crippen LogP contribution in [-0.4, -0.2) is 38.7 Å². The molecule has 0 radical (unpaired) electrons. The monoisotopic (exact) mass is 518 g/mol. The third-order valence-corrected chi connectivity index (χ3v) is 5.17. The number of methoxy groups -OCH3 is 2. The Morgan fingerprint density at radius 1 is 1.12 bits per heavy atom. The van der Waals surface area contributed by atoms with E-state index >= 15 is 0 Å². The Balaban J connectivity index is 2.12. The second-order valence-electron chi connectivity index (χ2n) is 6.29. The maximum atomic E-state index is 13.3. The maximum absolute atomic E-state index is 13.3. The number of anilines is 1. The van der Waals surface area contributed by atoms with Gasteiger partial charge in [0, 0.05) is 22.2 Å². The fraction of sp³-hybridized carbons (Fsp3) is 0.136. The van der Waals surface area contributed by atoms with Crippen LogP contribution in [0.3, 0.4) is 0 Å². The molecule has 2 aromatic rings.